The van der Waals surface area contributed by atoms with Crippen molar-refractivity contribution in [1.82, 2.24) is 19.9 Å². The number of halogens is 1. The van der Waals surface area contributed by atoms with Gasteiger partial charge in [-0.3, -0.25) is 9.78 Å². The third-order valence-electron chi connectivity index (χ3n) is 4.84. The van der Waals surface area contributed by atoms with Gasteiger partial charge < -0.3 is 9.64 Å². The molecule has 3 heterocycles. The number of nitrogens with zero attached hydrogens (tertiary/aromatic N) is 4. The molecular weight excluding hydrogens is 364 g/mol. The average molecular weight is 383 g/mol. The van der Waals surface area contributed by atoms with Gasteiger partial charge in [0.2, 0.25) is 11.8 Å². The molecule has 1 aliphatic rings. The Bertz CT molecular complexity index is 967. The fraction of sp³-hybridized carbons (Fsp3) is 0.300. The van der Waals surface area contributed by atoms with Crippen LogP contribution >= 0.6 is 11.6 Å². The van der Waals surface area contributed by atoms with E-state index in [2.05, 4.69) is 21.9 Å². The van der Waals surface area contributed by atoms with E-state index in [1.54, 1.807) is 18.5 Å². The molecular formula is C20H19ClN4O2. The first-order valence-electron chi connectivity index (χ1n) is 8.86. The van der Waals surface area contributed by atoms with Crippen molar-refractivity contribution in [3.8, 4) is 5.88 Å². The van der Waals surface area contributed by atoms with E-state index >= 15 is 0 Å². The summed E-state index contributed by atoms with van der Waals surface area (Å²) < 4.78 is 5.89. The van der Waals surface area contributed by atoms with Crippen LogP contribution in [0.15, 0.2) is 48.8 Å². The minimum atomic E-state index is 0.0414. The highest BCUT2D eigenvalue weighted by molar-refractivity contribution is 6.30. The number of hydrogen-bond acceptors (Lipinski definition) is 5. The van der Waals surface area contributed by atoms with Crippen molar-refractivity contribution in [1.29, 1.82) is 0 Å². The second kappa shape index (κ2) is 7.48. The van der Waals surface area contributed by atoms with Crippen molar-refractivity contribution >= 4 is 28.5 Å². The fourth-order valence-corrected chi connectivity index (χ4v) is 3.60. The van der Waals surface area contributed by atoms with E-state index in [4.69, 9.17) is 16.3 Å². The fourth-order valence-electron chi connectivity index (χ4n) is 3.42. The second-order valence-corrected chi connectivity index (χ2v) is 7.08. The molecule has 1 aliphatic heterocycles. The van der Waals surface area contributed by atoms with Gasteiger partial charge in [0.15, 0.2) is 5.52 Å². The van der Waals surface area contributed by atoms with Gasteiger partial charge in [0.1, 0.15) is 5.15 Å². The summed E-state index contributed by atoms with van der Waals surface area (Å²) in [5.74, 6) is 0.590. The van der Waals surface area contributed by atoms with Gasteiger partial charge in [0, 0.05) is 37.3 Å². The molecule has 2 atom stereocenters. The smallest absolute Gasteiger partial charge is 0.243 e. The Labute approximate surface area is 162 Å². The lowest BCUT2D eigenvalue weighted by Crippen LogP contribution is -2.29. The van der Waals surface area contributed by atoms with Crippen molar-refractivity contribution in [2.75, 3.05) is 13.2 Å². The zero-order chi connectivity index (χ0) is 18.8. The SMILES string of the molecule is C[C@@H](c1ccccc1)N1C[C@@H](COc2nc(Cl)cc3nccnc23)CC1=O. The van der Waals surface area contributed by atoms with Crippen LogP contribution < -0.4 is 4.74 Å². The van der Waals surface area contributed by atoms with Crippen molar-refractivity contribution in [3.05, 3.63) is 59.5 Å². The van der Waals surface area contributed by atoms with E-state index < -0.39 is 0 Å². The number of fused-ring (bicyclic) bond motifs is 1. The third-order valence-corrected chi connectivity index (χ3v) is 5.03. The summed E-state index contributed by atoms with van der Waals surface area (Å²) in [4.78, 5) is 27.1. The van der Waals surface area contributed by atoms with Gasteiger partial charge in [-0.25, -0.2) is 4.98 Å². The molecule has 7 heteroatoms. The maximum Gasteiger partial charge on any atom is 0.243 e. The Kier molecular flexibility index (Phi) is 4.90. The molecule has 138 valence electrons. The molecule has 3 aromatic rings. The normalized spacial score (nSPS) is 18.1. The molecule has 0 N–H and O–H groups in total. The first kappa shape index (κ1) is 17.7. The Morgan fingerprint density at radius 1 is 1.26 bits per heavy atom. The molecule has 0 bridgehead atoms. The van der Waals surface area contributed by atoms with Crippen molar-refractivity contribution in [3.63, 3.8) is 0 Å². The summed E-state index contributed by atoms with van der Waals surface area (Å²) in [6.07, 6.45) is 3.65. The molecule has 4 rings (SSSR count). The predicted octanol–water partition coefficient (Wildman–Crippen LogP) is 3.67. The molecule has 0 saturated carbocycles. The van der Waals surface area contributed by atoms with Crippen molar-refractivity contribution < 1.29 is 9.53 Å². The van der Waals surface area contributed by atoms with E-state index in [1.807, 2.05) is 35.2 Å². The monoisotopic (exact) mass is 382 g/mol. The van der Waals surface area contributed by atoms with Crippen molar-refractivity contribution in [2.24, 2.45) is 5.92 Å². The van der Waals surface area contributed by atoms with Crippen LogP contribution in [0, 0.1) is 5.92 Å². The van der Waals surface area contributed by atoms with Crippen LogP contribution in [-0.2, 0) is 4.79 Å². The number of carbonyl (C=O) groups excluding carboxylic acids is 1. The number of ether oxygens (including phenoxy) is 1. The van der Waals surface area contributed by atoms with E-state index in [-0.39, 0.29) is 17.9 Å². The maximum atomic E-state index is 12.5. The first-order chi connectivity index (χ1) is 13.1. The van der Waals surface area contributed by atoms with Gasteiger partial charge in [-0.2, -0.15) is 4.98 Å². The van der Waals surface area contributed by atoms with E-state index in [9.17, 15) is 4.79 Å². The number of aromatic nitrogens is 3. The first-order valence-corrected chi connectivity index (χ1v) is 9.24. The van der Waals surface area contributed by atoms with E-state index in [0.29, 0.717) is 41.6 Å². The lowest BCUT2D eigenvalue weighted by molar-refractivity contribution is -0.129. The lowest BCUT2D eigenvalue weighted by atomic mass is 10.1. The average Bonchev–Trinajstić information content (AvgIpc) is 3.06. The molecule has 0 aliphatic carbocycles. The summed E-state index contributed by atoms with van der Waals surface area (Å²) in [7, 11) is 0. The molecule has 27 heavy (non-hydrogen) atoms. The summed E-state index contributed by atoms with van der Waals surface area (Å²) in [6.45, 7) is 3.08. The molecule has 1 saturated heterocycles. The number of hydrogen-bond donors (Lipinski definition) is 0. The maximum absolute atomic E-state index is 12.5. The molecule has 1 fully saturated rings. The van der Waals surface area contributed by atoms with Crippen LogP contribution in [0.5, 0.6) is 5.88 Å². The highest BCUT2D eigenvalue weighted by atomic mass is 35.5. The Hall–Kier alpha value is -2.73. The largest absolute Gasteiger partial charge is 0.476 e. The van der Waals surface area contributed by atoms with Gasteiger partial charge in [-0.1, -0.05) is 41.9 Å². The lowest BCUT2D eigenvalue weighted by Gasteiger charge is -2.25. The number of likely N-dealkylation sites (tertiary alicyclic amines) is 1. The van der Waals surface area contributed by atoms with Gasteiger partial charge in [0.25, 0.3) is 0 Å². The molecule has 0 spiro atoms. The number of rotatable bonds is 5. The molecule has 0 unspecified atom stereocenters. The summed E-state index contributed by atoms with van der Waals surface area (Å²) >= 11 is 6.05. The van der Waals surface area contributed by atoms with Crippen LogP contribution in [0.25, 0.3) is 11.0 Å². The Balaban J connectivity index is 1.45. The standard InChI is InChI=1S/C20H19ClN4O2/c1-13(15-5-3-2-4-6-15)25-11-14(9-18(25)26)12-27-20-19-16(10-17(21)24-20)22-7-8-23-19/h2-8,10,13-14H,9,11-12H2,1H3/t13-,14-/m0/s1. The Morgan fingerprint density at radius 3 is 2.85 bits per heavy atom. The number of pyridine rings is 1. The molecule has 0 radical (unpaired) electrons. The summed E-state index contributed by atoms with van der Waals surface area (Å²) in [5, 5.41) is 0.305. The van der Waals surface area contributed by atoms with E-state index in [0.717, 1.165) is 5.56 Å². The van der Waals surface area contributed by atoms with E-state index in [1.165, 1.54) is 0 Å². The number of amides is 1. The van der Waals surface area contributed by atoms with Gasteiger partial charge in [-0.15, -0.1) is 0 Å². The highest BCUT2D eigenvalue weighted by Crippen LogP contribution is 2.29. The van der Waals surface area contributed by atoms with Crippen LogP contribution in [0.2, 0.25) is 5.15 Å². The van der Waals surface area contributed by atoms with Crippen LogP contribution in [-0.4, -0.2) is 38.9 Å². The third kappa shape index (κ3) is 3.71. The van der Waals surface area contributed by atoms with Crippen LogP contribution in [0.1, 0.15) is 24.9 Å². The zero-order valence-corrected chi connectivity index (χ0v) is 15.6. The summed E-state index contributed by atoms with van der Waals surface area (Å²) in [5.41, 5.74) is 2.33. The molecule has 1 amide bonds. The van der Waals surface area contributed by atoms with Gasteiger partial charge in [-0.05, 0) is 12.5 Å². The molecule has 1 aromatic carbocycles. The van der Waals surface area contributed by atoms with Crippen LogP contribution in [0.4, 0.5) is 0 Å². The zero-order valence-electron chi connectivity index (χ0n) is 14.9. The molecule has 6 nitrogen and oxygen atoms in total. The predicted molar refractivity (Wildman–Crippen MR) is 103 cm³/mol. The van der Waals surface area contributed by atoms with Crippen molar-refractivity contribution in [2.45, 2.75) is 19.4 Å². The minimum Gasteiger partial charge on any atom is -0.476 e. The summed E-state index contributed by atoms with van der Waals surface area (Å²) in [6, 6.07) is 11.7. The quantitative estimate of drug-likeness (QED) is 0.630. The minimum absolute atomic E-state index is 0.0414. The van der Waals surface area contributed by atoms with Crippen LogP contribution in [0.3, 0.4) is 0 Å². The molecule has 2 aromatic heterocycles. The van der Waals surface area contributed by atoms with Gasteiger partial charge in [0.05, 0.1) is 18.2 Å². The Morgan fingerprint density at radius 2 is 2.04 bits per heavy atom. The van der Waals surface area contributed by atoms with Gasteiger partial charge >= 0.3 is 0 Å². The second-order valence-electron chi connectivity index (χ2n) is 6.69. The number of benzene rings is 1. The highest BCUT2D eigenvalue weighted by Gasteiger charge is 2.33. The topological polar surface area (TPSA) is 68.2 Å². The number of carbonyl (C=O) groups is 1.